The third-order valence-electron chi connectivity index (χ3n) is 1.89. The molecule has 0 bridgehead atoms. The molecule has 108 valence electrons. The quantitative estimate of drug-likeness (QED) is 0.869. The van der Waals surface area contributed by atoms with E-state index in [1.54, 1.807) is 0 Å². The van der Waals surface area contributed by atoms with Crippen LogP contribution in [0.15, 0.2) is 6.07 Å². The van der Waals surface area contributed by atoms with E-state index in [9.17, 15) is 26.3 Å². The van der Waals surface area contributed by atoms with Crippen molar-refractivity contribution in [1.82, 2.24) is 4.98 Å². The highest BCUT2D eigenvalue weighted by Gasteiger charge is 2.41. The molecule has 1 aromatic rings. The maximum absolute atomic E-state index is 12.5. The zero-order chi connectivity index (χ0) is 14.8. The van der Waals surface area contributed by atoms with Gasteiger partial charge < -0.3 is 14.6 Å². The standard InChI is InChI=1S/C9H7F6NO3/c1-18-5-2-6(19-9(13,14)15)7(8(10,11)12)16-4(5)3-17/h2,17H,3H2,1H3. The number of aliphatic hydroxyl groups is 1. The van der Waals surface area contributed by atoms with Gasteiger partial charge in [0.15, 0.2) is 11.4 Å². The molecule has 0 radical (unpaired) electrons. The van der Waals surface area contributed by atoms with E-state index in [0.717, 1.165) is 7.11 Å². The zero-order valence-corrected chi connectivity index (χ0v) is 9.26. The molecule has 0 aromatic carbocycles. The Balaban J connectivity index is 3.41. The van der Waals surface area contributed by atoms with E-state index in [2.05, 4.69) is 14.5 Å². The van der Waals surface area contributed by atoms with E-state index >= 15 is 0 Å². The molecule has 0 fully saturated rings. The topological polar surface area (TPSA) is 51.6 Å². The largest absolute Gasteiger partial charge is 0.573 e. The van der Waals surface area contributed by atoms with Crippen LogP contribution in [0.3, 0.4) is 0 Å². The monoisotopic (exact) mass is 291 g/mol. The van der Waals surface area contributed by atoms with Gasteiger partial charge >= 0.3 is 12.5 Å². The van der Waals surface area contributed by atoms with Crippen molar-refractivity contribution in [3.05, 3.63) is 17.5 Å². The lowest BCUT2D eigenvalue weighted by molar-refractivity contribution is -0.276. The molecule has 19 heavy (non-hydrogen) atoms. The van der Waals surface area contributed by atoms with Gasteiger partial charge in [-0.15, -0.1) is 13.2 Å². The Morgan fingerprint density at radius 3 is 2.11 bits per heavy atom. The minimum atomic E-state index is -5.31. The van der Waals surface area contributed by atoms with E-state index in [1.807, 2.05) is 0 Å². The van der Waals surface area contributed by atoms with E-state index < -0.39 is 42.0 Å². The predicted octanol–water partition coefficient (Wildman–Crippen LogP) is 2.50. The second-order valence-corrected chi connectivity index (χ2v) is 3.19. The highest BCUT2D eigenvalue weighted by Crippen LogP contribution is 2.39. The van der Waals surface area contributed by atoms with Gasteiger partial charge in [0, 0.05) is 6.07 Å². The van der Waals surface area contributed by atoms with Crippen molar-refractivity contribution >= 4 is 0 Å². The first-order valence-electron chi connectivity index (χ1n) is 4.60. The second-order valence-electron chi connectivity index (χ2n) is 3.19. The highest BCUT2D eigenvalue weighted by molar-refractivity contribution is 5.41. The Bertz CT molecular complexity index is 456. The van der Waals surface area contributed by atoms with Crippen LogP contribution >= 0.6 is 0 Å². The van der Waals surface area contributed by atoms with Gasteiger partial charge in [0.2, 0.25) is 0 Å². The lowest BCUT2D eigenvalue weighted by atomic mass is 10.2. The molecule has 1 rings (SSSR count). The highest BCUT2D eigenvalue weighted by atomic mass is 19.4. The maximum Gasteiger partial charge on any atom is 0.573 e. The van der Waals surface area contributed by atoms with Crippen LogP contribution in [-0.4, -0.2) is 23.6 Å². The number of hydrogen-bond acceptors (Lipinski definition) is 4. The molecule has 0 saturated heterocycles. The number of ether oxygens (including phenoxy) is 2. The summed E-state index contributed by atoms with van der Waals surface area (Å²) in [7, 11) is 1.00. The van der Waals surface area contributed by atoms with Crippen LogP contribution in [0.4, 0.5) is 26.3 Å². The average Bonchev–Trinajstić information content (AvgIpc) is 2.24. The Hall–Kier alpha value is -1.71. The fourth-order valence-electron chi connectivity index (χ4n) is 1.21. The first-order valence-corrected chi connectivity index (χ1v) is 4.60. The number of pyridine rings is 1. The van der Waals surface area contributed by atoms with Crippen molar-refractivity contribution in [2.75, 3.05) is 7.11 Å². The van der Waals surface area contributed by atoms with Gasteiger partial charge in [-0.25, -0.2) is 4.98 Å². The van der Waals surface area contributed by atoms with Gasteiger partial charge in [-0.05, 0) is 0 Å². The van der Waals surface area contributed by atoms with Gasteiger partial charge in [0.25, 0.3) is 0 Å². The molecule has 1 heterocycles. The first kappa shape index (κ1) is 15.3. The molecular formula is C9H7F6NO3. The summed E-state index contributed by atoms with van der Waals surface area (Å²) in [6, 6.07) is 0.370. The van der Waals surface area contributed by atoms with Crippen LogP contribution in [-0.2, 0) is 12.8 Å². The number of aromatic nitrogens is 1. The number of methoxy groups -OCH3 is 1. The van der Waals surface area contributed by atoms with Gasteiger partial charge in [-0.3, -0.25) is 0 Å². The molecule has 0 saturated carbocycles. The third-order valence-corrected chi connectivity index (χ3v) is 1.89. The first-order chi connectivity index (χ1) is 8.58. The molecule has 0 aliphatic carbocycles. The number of aliphatic hydroxyl groups excluding tert-OH is 1. The minimum absolute atomic E-state index is 0.370. The summed E-state index contributed by atoms with van der Waals surface area (Å²) in [6.45, 7) is -0.932. The summed E-state index contributed by atoms with van der Waals surface area (Å²) >= 11 is 0. The van der Waals surface area contributed by atoms with Crippen molar-refractivity contribution in [2.24, 2.45) is 0 Å². The summed E-state index contributed by atoms with van der Waals surface area (Å²) in [5, 5.41) is 8.79. The predicted molar refractivity (Wildman–Crippen MR) is 48.4 cm³/mol. The Morgan fingerprint density at radius 1 is 1.16 bits per heavy atom. The maximum atomic E-state index is 12.5. The number of alkyl halides is 6. The van der Waals surface area contributed by atoms with E-state index in [-0.39, 0.29) is 0 Å². The molecule has 0 spiro atoms. The normalized spacial score (nSPS) is 12.4. The smallest absolute Gasteiger partial charge is 0.495 e. The van der Waals surface area contributed by atoms with E-state index in [0.29, 0.717) is 6.07 Å². The molecule has 0 aliphatic heterocycles. The van der Waals surface area contributed by atoms with Crippen molar-refractivity contribution in [2.45, 2.75) is 19.1 Å². The number of nitrogens with zero attached hydrogens (tertiary/aromatic N) is 1. The molecule has 0 unspecified atom stereocenters. The minimum Gasteiger partial charge on any atom is -0.495 e. The summed E-state index contributed by atoms with van der Waals surface area (Å²) in [5.74, 6) is -2.00. The summed E-state index contributed by atoms with van der Waals surface area (Å²) in [4.78, 5) is 2.89. The van der Waals surface area contributed by atoms with Crippen LogP contribution in [0.25, 0.3) is 0 Å². The number of halogens is 6. The fraction of sp³-hybridized carbons (Fsp3) is 0.444. The molecule has 4 nitrogen and oxygen atoms in total. The second kappa shape index (κ2) is 5.11. The van der Waals surface area contributed by atoms with Crippen molar-refractivity contribution in [3.63, 3.8) is 0 Å². The van der Waals surface area contributed by atoms with Crippen molar-refractivity contribution < 1.29 is 40.9 Å². The van der Waals surface area contributed by atoms with Gasteiger partial charge in [0.05, 0.1) is 13.7 Å². The molecule has 0 aliphatic rings. The van der Waals surface area contributed by atoms with Gasteiger partial charge in [0.1, 0.15) is 11.4 Å². The van der Waals surface area contributed by atoms with Crippen LogP contribution in [0, 0.1) is 0 Å². The van der Waals surface area contributed by atoms with Crippen molar-refractivity contribution in [1.29, 1.82) is 0 Å². The number of hydrogen-bond donors (Lipinski definition) is 1. The average molecular weight is 291 g/mol. The van der Waals surface area contributed by atoms with Crippen LogP contribution < -0.4 is 9.47 Å². The Kier molecular flexibility index (Phi) is 4.13. The summed E-state index contributed by atoms with van der Waals surface area (Å²) in [5.41, 5.74) is -2.45. The van der Waals surface area contributed by atoms with Crippen LogP contribution in [0.1, 0.15) is 11.4 Å². The molecule has 1 N–H and O–H groups in total. The van der Waals surface area contributed by atoms with Gasteiger partial charge in [-0.1, -0.05) is 0 Å². The molecule has 10 heteroatoms. The molecule has 1 aromatic heterocycles. The summed E-state index contributed by atoms with van der Waals surface area (Å²) < 4.78 is 81.5. The Morgan fingerprint density at radius 2 is 1.74 bits per heavy atom. The molecule has 0 amide bonds. The van der Waals surface area contributed by atoms with Crippen LogP contribution in [0.2, 0.25) is 0 Å². The molecule has 0 atom stereocenters. The van der Waals surface area contributed by atoms with E-state index in [4.69, 9.17) is 5.11 Å². The van der Waals surface area contributed by atoms with Crippen LogP contribution in [0.5, 0.6) is 11.5 Å². The zero-order valence-electron chi connectivity index (χ0n) is 9.26. The van der Waals surface area contributed by atoms with Crippen molar-refractivity contribution in [3.8, 4) is 11.5 Å². The van der Waals surface area contributed by atoms with Gasteiger partial charge in [-0.2, -0.15) is 13.2 Å². The van der Waals surface area contributed by atoms with E-state index in [1.165, 1.54) is 0 Å². The SMILES string of the molecule is COc1cc(OC(F)(F)F)c(C(F)(F)F)nc1CO. The fourth-order valence-corrected chi connectivity index (χ4v) is 1.21. The number of rotatable bonds is 3. The summed E-state index contributed by atoms with van der Waals surface area (Å²) in [6.07, 6.45) is -10.5. The molecular weight excluding hydrogens is 284 g/mol. The lowest BCUT2D eigenvalue weighted by Crippen LogP contribution is -2.21. The third kappa shape index (κ3) is 3.88. The Labute approximate surface area is 102 Å². The lowest BCUT2D eigenvalue weighted by Gasteiger charge is -2.17.